The average molecular weight is 603 g/mol. The van der Waals surface area contributed by atoms with E-state index in [-0.39, 0.29) is 30.5 Å². The van der Waals surface area contributed by atoms with E-state index in [2.05, 4.69) is 36.3 Å². The summed E-state index contributed by atoms with van der Waals surface area (Å²) >= 11 is 0. The highest BCUT2D eigenvalue weighted by Gasteiger charge is 2.25. The molecule has 0 bridgehead atoms. The summed E-state index contributed by atoms with van der Waals surface area (Å²) in [5.74, 6) is -2.05. The molecular weight excluding hydrogens is 550 g/mol. The Labute approximate surface area is 257 Å². The molecule has 0 saturated heterocycles. The van der Waals surface area contributed by atoms with Gasteiger partial charge in [0.2, 0.25) is 0 Å². The minimum atomic E-state index is -1.03. The molecule has 2 aromatic carbocycles. The highest BCUT2D eigenvalue weighted by Crippen LogP contribution is 2.16. The van der Waals surface area contributed by atoms with Crippen molar-refractivity contribution in [2.75, 3.05) is 39.3 Å². The molecule has 0 fully saturated rings. The van der Waals surface area contributed by atoms with Crippen LogP contribution in [0.3, 0.4) is 0 Å². The topological polar surface area (TPSA) is 84.9 Å². The van der Waals surface area contributed by atoms with Crippen molar-refractivity contribution >= 4 is 11.8 Å². The highest BCUT2D eigenvalue weighted by atomic mass is 19.1. The fourth-order valence-corrected chi connectivity index (χ4v) is 5.32. The van der Waals surface area contributed by atoms with Gasteiger partial charge in [-0.3, -0.25) is 9.59 Å². The molecule has 0 aliphatic carbocycles. The van der Waals surface area contributed by atoms with Crippen molar-refractivity contribution < 1.29 is 23.5 Å². The molecule has 3 atom stereocenters. The molecule has 0 aromatic heterocycles. The molecule has 240 valence electrons. The number of rotatable bonds is 19. The van der Waals surface area contributed by atoms with Gasteiger partial charge in [-0.1, -0.05) is 27.7 Å². The Kier molecular flexibility index (Phi) is 15.8. The molecule has 3 N–H and O–H groups in total. The zero-order valence-electron chi connectivity index (χ0n) is 26.9. The van der Waals surface area contributed by atoms with Gasteiger partial charge in [0.15, 0.2) is 0 Å². The SMILES string of the molecule is CCCN(CCC)C(=O)c1cc(C)cc(C(=O)N[C@@H](Cc2cc(F)cc(F)c2)[C@H](O)CNC(C)CCCN(CC)CC)c1. The predicted octanol–water partition coefficient (Wildman–Crippen LogP) is 5.34. The largest absolute Gasteiger partial charge is 0.390 e. The van der Waals surface area contributed by atoms with Crippen molar-refractivity contribution in [2.24, 2.45) is 0 Å². The lowest BCUT2D eigenvalue weighted by Gasteiger charge is -2.27. The number of benzene rings is 2. The number of hydrogen-bond donors (Lipinski definition) is 3. The van der Waals surface area contributed by atoms with Crippen molar-refractivity contribution in [1.29, 1.82) is 0 Å². The monoisotopic (exact) mass is 602 g/mol. The smallest absolute Gasteiger partial charge is 0.253 e. The molecule has 7 nitrogen and oxygen atoms in total. The number of aliphatic hydroxyl groups is 1. The summed E-state index contributed by atoms with van der Waals surface area (Å²) in [6, 6.07) is 7.54. The van der Waals surface area contributed by atoms with E-state index >= 15 is 0 Å². The van der Waals surface area contributed by atoms with Crippen LogP contribution in [-0.4, -0.2) is 84.2 Å². The predicted molar refractivity (Wildman–Crippen MR) is 169 cm³/mol. The van der Waals surface area contributed by atoms with E-state index in [1.54, 1.807) is 23.1 Å². The number of nitrogens with zero attached hydrogens (tertiary/aromatic N) is 2. The fourth-order valence-electron chi connectivity index (χ4n) is 5.32. The molecular formula is C34H52F2N4O3. The van der Waals surface area contributed by atoms with Gasteiger partial charge in [0.1, 0.15) is 11.6 Å². The Hall–Kier alpha value is -2.88. The van der Waals surface area contributed by atoms with Crippen LogP contribution in [0.15, 0.2) is 36.4 Å². The van der Waals surface area contributed by atoms with Crippen LogP contribution < -0.4 is 10.6 Å². The Morgan fingerprint density at radius 3 is 2.07 bits per heavy atom. The second kappa shape index (κ2) is 18.7. The molecule has 0 aliphatic rings. The van der Waals surface area contributed by atoms with Crippen LogP contribution in [0.25, 0.3) is 0 Å². The van der Waals surface area contributed by atoms with Crippen LogP contribution >= 0.6 is 0 Å². The van der Waals surface area contributed by atoms with Gasteiger partial charge < -0.3 is 25.5 Å². The minimum absolute atomic E-state index is 0.0258. The van der Waals surface area contributed by atoms with E-state index in [4.69, 9.17) is 0 Å². The maximum absolute atomic E-state index is 14.0. The summed E-state index contributed by atoms with van der Waals surface area (Å²) in [5, 5.41) is 17.4. The highest BCUT2D eigenvalue weighted by molar-refractivity contribution is 6.00. The molecule has 2 aromatic rings. The van der Waals surface area contributed by atoms with E-state index in [9.17, 15) is 23.5 Å². The zero-order chi connectivity index (χ0) is 31.9. The summed E-state index contributed by atoms with van der Waals surface area (Å²) in [5.41, 5.74) is 1.80. The molecule has 2 amide bonds. The van der Waals surface area contributed by atoms with Crippen LogP contribution in [0.2, 0.25) is 0 Å². The molecule has 0 saturated carbocycles. The van der Waals surface area contributed by atoms with Crippen LogP contribution in [0, 0.1) is 18.6 Å². The van der Waals surface area contributed by atoms with E-state index in [1.165, 1.54) is 12.1 Å². The summed E-state index contributed by atoms with van der Waals surface area (Å²) in [6.45, 7) is 16.6. The first-order valence-corrected chi connectivity index (χ1v) is 15.8. The number of amides is 2. The molecule has 0 aliphatic heterocycles. The number of aliphatic hydroxyl groups excluding tert-OH is 1. The molecule has 0 radical (unpaired) electrons. The molecule has 9 heteroatoms. The van der Waals surface area contributed by atoms with Gasteiger partial charge in [0, 0.05) is 42.9 Å². The fraction of sp³-hybridized carbons (Fsp3) is 0.588. The number of carbonyl (C=O) groups is 2. The summed E-state index contributed by atoms with van der Waals surface area (Å²) in [4.78, 5) is 30.9. The van der Waals surface area contributed by atoms with Gasteiger partial charge in [0.05, 0.1) is 12.1 Å². The number of carbonyl (C=O) groups excluding carboxylic acids is 2. The lowest BCUT2D eigenvalue weighted by Crippen LogP contribution is -2.50. The van der Waals surface area contributed by atoms with E-state index in [0.717, 1.165) is 56.9 Å². The normalized spacial score (nSPS) is 13.5. The number of nitrogens with one attached hydrogen (secondary N) is 2. The van der Waals surface area contributed by atoms with Gasteiger partial charge in [-0.25, -0.2) is 8.78 Å². The van der Waals surface area contributed by atoms with Crippen molar-refractivity contribution in [3.63, 3.8) is 0 Å². The first kappa shape index (κ1) is 36.3. The minimum Gasteiger partial charge on any atom is -0.390 e. The third-order valence-corrected chi connectivity index (χ3v) is 7.70. The first-order chi connectivity index (χ1) is 20.5. The van der Waals surface area contributed by atoms with E-state index in [0.29, 0.717) is 24.2 Å². The zero-order valence-corrected chi connectivity index (χ0v) is 26.9. The second-order valence-electron chi connectivity index (χ2n) is 11.5. The Balaban J connectivity index is 2.21. The van der Waals surface area contributed by atoms with Crippen molar-refractivity contribution in [3.8, 4) is 0 Å². The lowest BCUT2D eigenvalue weighted by molar-refractivity contribution is 0.0755. The van der Waals surface area contributed by atoms with Crippen LogP contribution in [0.1, 0.15) is 92.1 Å². The number of halogens is 2. The lowest BCUT2D eigenvalue weighted by atomic mass is 9.99. The first-order valence-electron chi connectivity index (χ1n) is 15.8. The third-order valence-electron chi connectivity index (χ3n) is 7.70. The van der Waals surface area contributed by atoms with Gasteiger partial charge in [-0.2, -0.15) is 0 Å². The van der Waals surface area contributed by atoms with Gasteiger partial charge in [-0.15, -0.1) is 0 Å². The van der Waals surface area contributed by atoms with E-state index < -0.39 is 29.7 Å². The molecule has 1 unspecified atom stereocenters. The number of aryl methyl sites for hydroxylation is 1. The average Bonchev–Trinajstić information content (AvgIpc) is 2.96. The van der Waals surface area contributed by atoms with Gasteiger partial charge >= 0.3 is 0 Å². The van der Waals surface area contributed by atoms with E-state index in [1.807, 2.05) is 20.8 Å². The van der Waals surface area contributed by atoms with Gasteiger partial charge in [0.25, 0.3) is 11.8 Å². The third kappa shape index (κ3) is 12.3. The molecule has 43 heavy (non-hydrogen) atoms. The van der Waals surface area contributed by atoms with Crippen molar-refractivity contribution in [3.05, 3.63) is 70.3 Å². The van der Waals surface area contributed by atoms with Crippen molar-refractivity contribution in [2.45, 2.75) is 91.8 Å². The van der Waals surface area contributed by atoms with Crippen LogP contribution in [-0.2, 0) is 6.42 Å². The number of hydrogen-bond acceptors (Lipinski definition) is 5. The Morgan fingerprint density at radius 2 is 1.49 bits per heavy atom. The molecule has 0 spiro atoms. The quantitative estimate of drug-likeness (QED) is 0.202. The van der Waals surface area contributed by atoms with Crippen LogP contribution in [0.4, 0.5) is 8.78 Å². The Bertz CT molecular complexity index is 1130. The van der Waals surface area contributed by atoms with Crippen LogP contribution in [0.5, 0.6) is 0 Å². The maximum Gasteiger partial charge on any atom is 0.253 e. The summed E-state index contributed by atoms with van der Waals surface area (Å²) in [6.07, 6.45) is 2.58. The van der Waals surface area contributed by atoms with Crippen molar-refractivity contribution in [1.82, 2.24) is 20.4 Å². The summed E-state index contributed by atoms with van der Waals surface area (Å²) in [7, 11) is 0. The van der Waals surface area contributed by atoms with Gasteiger partial charge in [-0.05, 0) is 107 Å². The molecule has 0 heterocycles. The Morgan fingerprint density at radius 1 is 0.884 bits per heavy atom. The second-order valence-corrected chi connectivity index (χ2v) is 11.5. The summed E-state index contributed by atoms with van der Waals surface area (Å²) < 4.78 is 28.0. The molecule has 2 rings (SSSR count). The maximum atomic E-state index is 14.0. The standard InChI is InChI=1S/C34H52F2N4O3/c1-7-13-40(14-8-2)34(43)28-17-24(5)16-27(21-28)33(42)38-31(20-26-18-29(35)22-30(36)19-26)32(41)23-37-25(6)12-11-15-39(9-3)10-4/h16-19,21-22,25,31-32,37,41H,7-15,20,23H2,1-6H3,(H,38,42)/t25?,31-,32+/m0/s1.